The van der Waals surface area contributed by atoms with E-state index in [0.717, 1.165) is 24.0 Å². The normalized spacial score (nSPS) is 24.0. The molecule has 1 aromatic rings. The van der Waals surface area contributed by atoms with Crippen LogP contribution in [0.3, 0.4) is 0 Å². The molecule has 2 unspecified atom stereocenters. The van der Waals surface area contributed by atoms with Crippen LogP contribution >= 0.6 is 0 Å². The molecule has 2 atom stereocenters. The lowest BCUT2D eigenvalue weighted by Gasteiger charge is -2.24. The van der Waals surface area contributed by atoms with Gasteiger partial charge in [0.2, 0.25) is 0 Å². The Morgan fingerprint density at radius 1 is 1.47 bits per heavy atom. The fraction of sp³-hybridized carbons (Fsp3) is 0.714. The van der Waals surface area contributed by atoms with Crippen LogP contribution in [0.5, 0.6) is 0 Å². The van der Waals surface area contributed by atoms with Gasteiger partial charge in [-0.3, -0.25) is 0 Å². The van der Waals surface area contributed by atoms with E-state index in [1.165, 1.54) is 6.42 Å². The van der Waals surface area contributed by atoms with Crippen LogP contribution in [0.1, 0.15) is 44.6 Å². The minimum absolute atomic E-state index is 0.0193. The van der Waals surface area contributed by atoms with E-state index in [9.17, 15) is 0 Å². The SMILES string of the molecule is COCC(C)(C)NCc1ccc(C2CC2C)o1. The summed E-state index contributed by atoms with van der Waals surface area (Å²) >= 11 is 0. The maximum absolute atomic E-state index is 5.85. The highest BCUT2D eigenvalue weighted by Crippen LogP contribution is 2.47. The lowest BCUT2D eigenvalue weighted by atomic mass is 10.1. The molecule has 1 heterocycles. The zero-order valence-electron chi connectivity index (χ0n) is 11.2. The summed E-state index contributed by atoms with van der Waals surface area (Å²) in [6.07, 6.45) is 1.27. The van der Waals surface area contributed by atoms with Gasteiger partial charge in [0.05, 0.1) is 13.2 Å². The molecule has 0 amide bonds. The summed E-state index contributed by atoms with van der Waals surface area (Å²) in [5, 5.41) is 3.44. The van der Waals surface area contributed by atoms with E-state index in [1.807, 2.05) is 0 Å². The van der Waals surface area contributed by atoms with Gasteiger partial charge in [0.15, 0.2) is 0 Å². The number of methoxy groups -OCH3 is 1. The van der Waals surface area contributed by atoms with Gasteiger partial charge in [-0.1, -0.05) is 6.92 Å². The number of ether oxygens (including phenoxy) is 1. The van der Waals surface area contributed by atoms with Crippen LogP contribution in [0.4, 0.5) is 0 Å². The fourth-order valence-electron chi connectivity index (χ4n) is 2.15. The Morgan fingerprint density at radius 2 is 2.18 bits per heavy atom. The third kappa shape index (κ3) is 3.33. The van der Waals surface area contributed by atoms with Crippen LogP contribution in [0.15, 0.2) is 16.5 Å². The predicted molar refractivity (Wildman–Crippen MR) is 68.0 cm³/mol. The molecule has 0 spiro atoms. The van der Waals surface area contributed by atoms with Gasteiger partial charge in [0.25, 0.3) is 0 Å². The van der Waals surface area contributed by atoms with Crippen LogP contribution in [0, 0.1) is 5.92 Å². The Hall–Kier alpha value is -0.800. The summed E-state index contributed by atoms with van der Waals surface area (Å²) < 4.78 is 11.0. The second-order valence-corrected chi connectivity index (χ2v) is 5.79. The van der Waals surface area contributed by atoms with Crippen LogP contribution in [0.2, 0.25) is 0 Å². The molecule has 1 aliphatic rings. The van der Waals surface area contributed by atoms with Gasteiger partial charge >= 0.3 is 0 Å². The van der Waals surface area contributed by atoms with Gasteiger partial charge in [-0.25, -0.2) is 0 Å². The monoisotopic (exact) mass is 237 g/mol. The summed E-state index contributed by atoms with van der Waals surface area (Å²) in [5.41, 5.74) is -0.0193. The Labute approximate surface area is 104 Å². The summed E-state index contributed by atoms with van der Waals surface area (Å²) in [4.78, 5) is 0. The van der Waals surface area contributed by atoms with Gasteiger partial charge < -0.3 is 14.5 Å². The first-order chi connectivity index (χ1) is 8.02. The van der Waals surface area contributed by atoms with Gasteiger partial charge in [0.1, 0.15) is 11.5 Å². The highest BCUT2D eigenvalue weighted by molar-refractivity contribution is 5.17. The van der Waals surface area contributed by atoms with Crippen LogP contribution in [-0.2, 0) is 11.3 Å². The molecule has 3 nitrogen and oxygen atoms in total. The summed E-state index contributed by atoms with van der Waals surface area (Å²) in [6.45, 7) is 7.98. The first-order valence-electron chi connectivity index (χ1n) is 6.34. The van der Waals surface area contributed by atoms with E-state index >= 15 is 0 Å². The van der Waals surface area contributed by atoms with Crippen LogP contribution in [0.25, 0.3) is 0 Å². The molecule has 0 saturated heterocycles. The van der Waals surface area contributed by atoms with E-state index in [4.69, 9.17) is 9.15 Å². The minimum Gasteiger partial charge on any atom is -0.464 e. The van der Waals surface area contributed by atoms with Gasteiger partial charge in [-0.05, 0) is 38.3 Å². The minimum atomic E-state index is -0.0193. The number of hydrogen-bond acceptors (Lipinski definition) is 3. The Morgan fingerprint density at radius 3 is 2.76 bits per heavy atom. The Balaban J connectivity index is 1.85. The number of nitrogens with one attached hydrogen (secondary N) is 1. The van der Waals surface area contributed by atoms with Crippen molar-refractivity contribution in [2.45, 2.75) is 45.2 Å². The van der Waals surface area contributed by atoms with E-state index in [2.05, 4.69) is 38.2 Å². The molecular weight excluding hydrogens is 214 g/mol. The smallest absolute Gasteiger partial charge is 0.117 e. The van der Waals surface area contributed by atoms with Crippen molar-refractivity contribution in [1.29, 1.82) is 0 Å². The zero-order valence-corrected chi connectivity index (χ0v) is 11.2. The van der Waals surface area contributed by atoms with Crippen molar-refractivity contribution in [3.63, 3.8) is 0 Å². The molecule has 0 bridgehead atoms. The first-order valence-corrected chi connectivity index (χ1v) is 6.34. The lowest BCUT2D eigenvalue weighted by Crippen LogP contribution is -2.42. The van der Waals surface area contributed by atoms with Crippen molar-refractivity contribution in [1.82, 2.24) is 5.32 Å². The highest BCUT2D eigenvalue weighted by atomic mass is 16.5. The van der Waals surface area contributed by atoms with Crippen LogP contribution < -0.4 is 5.32 Å². The van der Waals surface area contributed by atoms with E-state index < -0.39 is 0 Å². The third-order valence-corrected chi connectivity index (χ3v) is 3.40. The summed E-state index contributed by atoms with van der Waals surface area (Å²) in [7, 11) is 1.73. The van der Waals surface area contributed by atoms with E-state index in [-0.39, 0.29) is 5.54 Å². The average molecular weight is 237 g/mol. The predicted octanol–water partition coefficient (Wildman–Crippen LogP) is 2.92. The van der Waals surface area contributed by atoms with Crippen molar-refractivity contribution in [2.75, 3.05) is 13.7 Å². The quantitative estimate of drug-likeness (QED) is 0.826. The standard InChI is InChI=1S/C14H23NO2/c1-10-7-12(10)13-6-5-11(17-13)8-15-14(2,3)9-16-4/h5-6,10,12,15H,7-9H2,1-4H3. The molecule has 0 aromatic carbocycles. The first kappa shape index (κ1) is 12.7. The third-order valence-electron chi connectivity index (χ3n) is 3.40. The summed E-state index contributed by atoms with van der Waals surface area (Å²) in [5.74, 6) is 3.63. The maximum Gasteiger partial charge on any atom is 0.117 e. The largest absolute Gasteiger partial charge is 0.464 e. The van der Waals surface area contributed by atoms with Gasteiger partial charge in [-0.2, -0.15) is 0 Å². The Kier molecular flexibility index (Phi) is 3.59. The van der Waals surface area contributed by atoms with E-state index in [1.54, 1.807) is 7.11 Å². The Bertz CT molecular complexity index is 370. The van der Waals surface area contributed by atoms with Gasteiger partial charge in [0, 0.05) is 18.6 Å². The molecule has 1 aromatic heterocycles. The van der Waals surface area contributed by atoms with Crippen molar-refractivity contribution in [2.24, 2.45) is 5.92 Å². The van der Waals surface area contributed by atoms with Crippen molar-refractivity contribution < 1.29 is 9.15 Å². The lowest BCUT2D eigenvalue weighted by molar-refractivity contribution is 0.126. The molecule has 96 valence electrons. The van der Waals surface area contributed by atoms with Crippen molar-refractivity contribution >= 4 is 0 Å². The molecule has 0 radical (unpaired) electrons. The maximum atomic E-state index is 5.85. The summed E-state index contributed by atoms with van der Waals surface area (Å²) in [6, 6.07) is 4.20. The molecule has 1 fully saturated rings. The number of furan rings is 1. The topological polar surface area (TPSA) is 34.4 Å². The van der Waals surface area contributed by atoms with Crippen molar-refractivity contribution in [3.05, 3.63) is 23.7 Å². The van der Waals surface area contributed by atoms with Crippen LogP contribution in [-0.4, -0.2) is 19.3 Å². The zero-order chi connectivity index (χ0) is 12.5. The molecule has 2 rings (SSSR count). The van der Waals surface area contributed by atoms with Gasteiger partial charge in [-0.15, -0.1) is 0 Å². The molecule has 1 saturated carbocycles. The van der Waals surface area contributed by atoms with E-state index in [0.29, 0.717) is 12.5 Å². The number of rotatable bonds is 6. The molecule has 1 aliphatic carbocycles. The molecule has 17 heavy (non-hydrogen) atoms. The fourth-order valence-corrected chi connectivity index (χ4v) is 2.15. The second-order valence-electron chi connectivity index (χ2n) is 5.79. The molecule has 3 heteroatoms. The average Bonchev–Trinajstić information content (AvgIpc) is 2.79. The molecule has 1 N–H and O–H groups in total. The molecule has 0 aliphatic heterocycles. The number of hydrogen-bond donors (Lipinski definition) is 1. The highest BCUT2D eigenvalue weighted by Gasteiger charge is 2.36. The second kappa shape index (κ2) is 4.83. The van der Waals surface area contributed by atoms with Crippen molar-refractivity contribution in [3.8, 4) is 0 Å². The molecular formula is C14H23NO2.